The number of hydrogen-bond acceptors (Lipinski definition) is 3. The molecule has 1 aromatic rings. The molecule has 1 saturated carbocycles. The van der Waals surface area contributed by atoms with Crippen LogP contribution in [-0.2, 0) is 0 Å². The minimum atomic E-state index is 0.00409. The van der Waals surface area contributed by atoms with Gasteiger partial charge in [-0.05, 0) is 56.6 Å². The lowest BCUT2D eigenvalue weighted by atomic mass is 9.96. The largest absolute Gasteiger partial charge is 0.488 e. The summed E-state index contributed by atoms with van der Waals surface area (Å²) in [6, 6.07) is 3.97. The van der Waals surface area contributed by atoms with E-state index in [1.165, 1.54) is 19.3 Å². The third-order valence-corrected chi connectivity index (χ3v) is 4.46. The van der Waals surface area contributed by atoms with Gasteiger partial charge in [-0.1, -0.05) is 42.5 Å². The summed E-state index contributed by atoms with van der Waals surface area (Å²) < 4.78 is 5.60. The van der Waals surface area contributed by atoms with E-state index in [0.29, 0.717) is 26.9 Å². The summed E-state index contributed by atoms with van der Waals surface area (Å²) in [4.78, 5) is 0. The van der Waals surface area contributed by atoms with Crippen molar-refractivity contribution >= 4 is 46.7 Å². The summed E-state index contributed by atoms with van der Waals surface area (Å²) in [6.07, 6.45) is 7.78. The topological polar surface area (TPSA) is 45.6 Å². The summed E-state index contributed by atoms with van der Waals surface area (Å²) in [6.45, 7) is 3.85. The normalized spacial score (nSPS) is 15.7. The fraction of sp³-hybridized carbons (Fsp3) is 0.529. The van der Waals surface area contributed by atoms with E-state index in [9.17, 15) is 0 Å². The van der Waals surface area contributed by atoms with Crippen molar-refractivity contribution in [3.63, 3.8) is 0 Å². The molecular weight excluding hydrogens is 365 g/mol. The van der Waals surface area contributed by atoms with Crippen LogP contribution in [0.25, 0.3) is 0 Å². The highest BCUT2D eigenvalue weighted by molar-refractivity contribution is 7.80. The lowest BCUT2D eigenvalue weighted by Gasteiger charge is -2.23. The van der Waals surface area contributed by atoms with Gasteiger partial charge in [-0.3, -0.25) is 5.43 Å². The number of ether oxygens (including phenoxy) is 1. The molecule has 7 heteroatoms. The molecule has 2 rings (SSSR count). The Kier molecular flexibility index (Phi) is 7.59. The summed E-state index contributed by atoms with van der Waals surface area (Å²) in [5.74, 6) is 0.493. The predicted molar refractivity (Wildman–Crippen MR) is 106 cm³/mol. The third kappa shape index (κ3) is 6.11. The molecular formula is C17H23Cl2N3OS. The molecule has 1 fully saturated rings. The van der Waals surface area contributed by atoms with Crippen molar-refractivity contribution in [1.82, 2.24) is 10.7 Å². The van der Waals surface area contributed by atoms with Crippen LogP contribution in [-0.4, -0.2) is 23.5 Å². The maximum absolute atomic E-state index is 6.22. The monoisotopic (exact) mass is 387 g/mol. The molecule has 0 atom stereocenters. The zero-order valence-corrected chi connectivity index (χ0v) is 16.3. The van der Waals surface area contributed by atoms with Crippen LogP contribution >= 0.6 is 35.4 Å². The first-order chi connectivity index (χ1) is 11.5. The predicted octanol–water partition coefficient (Wildman–Crippen LogP) is 4.91. The number of benzene rings is 1. The molecule has 1 aliphatic carbocycles. The van der Waals surface area contributed by atoms with Gasteiger partial charge in [0, 0.05) is 6.04 Å². The van der Waals surface area contributed by atoms with Crippen molar-refractivity contribution in [2.75, 3.05) is 0 Å². The van der Waals surface area contributed by atoms with Gasteiger partial charge in [0.05, 0.1) is 22.4 Å². The highest BCUT2D eigenvalue weighted by atomic mass is 35.5. The van der Waals surface area contributed by atoms with E-state index < -0.39 is 0 Å². The quantitative estimate of drug-likeness (QED) is 0.427. The van der Waals surface area contributed by atoms with Gasteiger partial charge in [-0.15, -0.1) is 0 Å². The molecule has 0 spiro atoms. The number of hydrogen-bond donors (Lipinski definition) is 2. The lowest BCUT2D eigenvalue weighted by Crippen LogP contribution is -2.40. The molecule has 0 saturated heterocycles. The van der Waals surface area contributed by atoms with Gasteiger partial charge in [0.1, 0.15) is 0 Å². The standard InChI is InChI=1S/C17H23Cl2N3OS/c1-11(2)23-16-14(18)8-12(9-15(16)19)10-20-22-17(24)21-13-6-4-3-5-7-13/h8-11,13H,3-7H2,1-2H3,(H2,21,22,24)/b20-10-. The first kappa shape index (κ1) is 19.3. The molecule has 1 aromatic carbocycles. The molecule has 4 nitrogen and oxygen atoms in total. The average molecular weight is 388 g/mol. The molecule has 1 aliphatic rings. The van der Waals surface area contributed by atoms with Crippen molar-refractivity contribution < 1.29 is 4.74 Å². The lowest BCUT2D eigenvalue weighted by molar-refractivity contribution is 0.243. The van der Waals surface area contributed by atoms with Gasteiger partial charge in [-0.2, -0.15) is 5.10 Å². The molecule has 0 amide bonds. The maximum Gasteiger partial charge on any atom is 0.187 e. The van der Waals surface area contributed by atoms with Crippen LogP contribution in [0, 0.1) is 0 Å². The number of halogens is 2. The van der Waals surface area contributed by atoms with Gasteiger partial charge in [0.25, 0.3) is 0 Å². The number of nitrogens with one attached hydrogen (secondary N) is 2. The van der Waals surface area contributed by atoms with Crippen molar-refractivity contribution in [2.45, 2.75) is 58.1 Å². The van der Waals surface area contributed by atoms with Gasteiger partial charge in [0.15, 0.2) is 10.9 Å². The fourth-order valence-electron chi connectivity index (χ4n) is 2.63. The molecule has 0 radical (unpaired) electrons. The van der Waals surface area contributed by atoms with E-state index in [-0.39, 0.29) is 6.10 Å². The van der Waals surface area contributed by atoms with E-state index >= 15 is 0 Å². The van der Waals surface area contributed by atoms with Gasteiger partial charge in [-0.25, -0.2) is 0 Å². The van der Waals surface area contributed by atoms with Crippen LogP contribution in [0.3, 0.4) is 0 Å². The maximum atomic E-state index is 6.22. The SMILES string of the molecule is CC(C)Oc1c(Cl)cc(/C=N\NC(=S)NC2CCCCC2)cc1Cl. The van der Waals surface area contributed by atoms with E-state index in [0.717, 1.165) is 18.4 Å². The van der Waals surface area contributed by atoms with E-state index in [2.05, 4.69) is 15.8 Å². The van der Waals surface area contributed by atoms with Crippen LogP contribution in [0.5, 0.6) is 5.75 Å². The Hall–Kier alpha value is -1.04. The Morgan fingerprint density at radius 3 is 2.46 bits per heavy atom. The minimum absolute atomic E-state index is 0.00409. The second-order valence-electron chi connectivity index (χ2n) is 6.16. The zero-order valence-electron chi connectivity index (χ0n) is 13.9. The Morgan fingerprint density at radius 1 is 1.25 bits per heavy atom. The van der Waals surface area contributed by atoms with E-state index in [1.54, 1.807) is 18.3 Å². The first-order valence-corrected chi connectivity index (χ1v) is 9.37. The van der Waals surface area contributed by atoms with Crippen LogP contribution in [0.4, 0.5) is 0 Å². The Balaban J connectivity index is 1.90. The number of nitrogens with zero attached hydrogens (tertiary/aromatic N) is 1. The number of rotatable bonds is 5. The summed E-state index contributed by atoms with van der Waals surface area (Å²) >= 11 is 17.7. The van der Waals surface area contributed by atoms with E-state index in [1.807, 2.05) is 13.8 Å². The van der Waals surface area contributed by atoms with Crippen LogP contribution in [0.1, 0.15) is 51.5 Å². The molecule has 132 valence electrons. The Morgan fingerprint density at radius 2 is 1.88 bits per heavy atom. The fourth-order valence-corrected chi connectivity index (χ4v) is 3.44. The molecule has 0 aliphatic heterocycles. The Bertz CT molecular complexity index is 578. The van der Waals surface area contributed by atoms with Crippen LogP contribution < -0.4 is 15.5 Å². The summed E-state index contributed by atoms with van der Waals surface area (Å²) in [7, 11) is 0. The second-order valence-corrected chi connectivity index (χ2v) is 7.38. The number of hydrazone groups is 1. The van der Waals surface area contributed by atoms with Crippen molar-refractivity contribution in [2.24, 2.45) is 5.10 Å². The minimum Gasteiger partial charge on any atom is -0.488 e. The average Bonchev–Trinajstić information content (AvgIpc) is 2.52. The molecule has 24 heavy (non-hydrogen) atoms. The van der Waals surface area contributed by atoms with Gasteiger partial charge in [0.2, 0.25) is 0 Å². The molecule has 0 unspecified atom stereocenters. The van der Waals surface area contributed by atoms with Crippen LogP contribution in [0.2, 0.25) is 10.0 Å². The zero-order chi connectivity index (χ0) is 17.5. The van der Waals surface area contributed by atoms with Crippen molar-refractivity contribution in [3.05, 3.63) is 27.7 Å². The molecule has 0 bridgehead atoms. The highest BCUT2D eigenvalue weighted by Crippen LogP contribution is 2.34. The first-order valence-electron chi connectivity index (χ1n) is 8.21. The van der Waals surface area contributed by atoms with E-state index in [4.69, 9.17) is 40.2 Å². The smallest absolute Gasteiger partial charge is 0.187 e. The number of thiocarbonyl (C=S) groups is 1. The Labute approximate surface area is 158 Å². The molecule has 0 heterocycles. The highest BCUT2D eigenvalue weighted by Gasteiger charge is 2.13. The van der Waals surface area contributed by atoms with Gasteiger partial charge >= 0.3 is 0 Å². The van der Waals surface area contributed by atoms with Crippen molar-refractivity contribution in [3.8, 4) is 5.75 Å². The molecule has 2 N–H and O–H groups in total. The summed E-state index contributed by atoms with van der Waals surface area (Å²) in [5.41, 5.74) is 3.61. The van der Waals surface area contributed by atoms with Crippen LogP contribution in [0.15, 0.2) is 17.2 Å². The molecule has 0 aromatic heterocycles. The van der Waals surface area contributed by atoms with Gasteiger partial charge < -0.3 is 10.1 Å². The summed E-state index contributed by atoms with van der Waals surface area (Å²) in [5, 5.41) is 8.89. The third-order valence-electron chi connectivity index (χ3n) is 3.69. The van der Waals surface area contributed by atoms with Crippen molar-refractivity contribution in [1.29, 1.82) is 0 Å². The second kappa shape index (κ2) is 9.44.